The number of amides is 1. The molecule has 0 spiro atoms. The molecule has 0 fully saturated rings. The first kappa shape index (κ1) is 16.1. The third-order valence-corrected chi connectivity index (χ3v) is 4.17. The van der Waals surface area contributed by atoms with Crippen LogP contribution in [-0.4, -0.2) is 27.2 Å². The van der Waals surface area contributed by atoms with Crippen molar-refractivity contribution in [2.24, 2.45) is 0 Å². The fraction of sp³-hybridized carbons (Fsp3) is 0.278. The van der Waals surface area contributed by atoms with Crippen LogP contribution in [0.5, 0.6) is 17.2 Å². The summed E-state index contributed by atoms with van der Waals surface area (Å²) in [4.78, 5) is 12.1. The van der Waals surface area contributed by atoms with Crippen LogP contribution in [0.15, 0.2) is 30.3 Å². The van der Waals surface area contributed by atoms with Gasteiger partial charge in [-0.2, -0.15) is 0 Å². The second-order valence-electron chi connectivity index (χ2n) is 5.46. The molecule has 5 nitrogen and oxygen atoms in total. The molecule has 0 radical (unpaired) electrons. The number of hydrogen-bond acceptors (Lipinski definition) is 4. The lowest BCUT2D eigenvalue weighted by molar-refractivity contribution is -0.116. The van der Waals surface area contributed by atoms with Crippen molar-refractivity contribution >= 4 is 11.6 Å². The summed E-state index contributed by atoms with van der Waals surface area (Å²) in [6, 6.07) is 8.35. The molecule has 3 rings (SSSR count). The lowest BCUT2D eigenvalue weighted by atomic mass is 9.83. The molecule has 0 bridgehead atoms. The van der Waals surface area contributed by atoms with Gasteiger partial charge in [0.1, 0.15) is 11.5 Å². The summed E-state index contributed by atoms with van der Waals surface area (Å²) in [6.45, 7) is 0. The van der Waals surface area contributed by atoms with Gasteiger partial charge in [-0.1, -0.05) is 12.1 Å². The van der Waals surface area contributed by atoms with Gasteiger partial charge in [0, 0.05) is 30.0 Å². The van der Waals surface area contributed by atoms with E-state index >= 15 is 0 Å². The van der Waals surface area contributed by atoms with Crippen LogP contribution < -0.4 is 19.5 Å². The Morgan fingerprint density at radius 3 is 2.50 bits per heavy atom. The highest BCUT2D eigenvalue weighted by atomic mass is 19.1. The Morgan fingerprint density at radius 2 is 1.83 bits per heavy atom. The largest absolute Gasteiger partial charge is 0.497 e. The van der Waals surface area contributed by atoms with Crippen molar-refractivity contribution in [1.29, 1.82) is 0 Å². The number of methoxy groups -OCH3 is 3. The Kier molecular flexibility index (Phi) is 4.29. The highest BCUT2D eigenvalue weighted by Gasteiger charge is 2.32. The molecule has 1 N–H and O–H groups in total. The van der Waals surface area contributed by atoms with E-state index in [9.17, 15) is 9.18 Å². The molecule has 6 heteroatoms. The molecule has 0 aliphatic carbocycles. The van der Waals surface area contributed by atoms with E-state index in [0.29, 0.717) is 22.7 Å². The maximum Gasteiger partial charge on any atom is 0.225 e. The van der Waals surface area contributed by atoms with Gasteiger partial charge in [0.15, 0.2) is 11.6 Å². The SMILES string of the molecule is COc1cc2c(c(OC)c1)C(c1cccc(OC)c1F)CC(=O)N2. The number of anilines is 1. The molecule has 1 heterocycles. The molecule has 24 heavy (non-hydrogen) atoms. The van der Waals surface area contributed by atoms with Gasteiger partial charge >= 0.3 is 0 Å². The van der Waals surface area contributed by atoms with E-state index in [2.05, 4.69) is 5.32 Å². The van der Waals surface area contributed by atoms with Crippen LogP contribution in [0, 0.1) is 5.82 Å². The van der Waals surface area contributed by atoms with Crippen LogP contribution in [0.4, 0.5) is 10.1 Å². The minimum Gasteiger partial charge on any atom is -0.497 e. The Bertz CT molecular complexity index is 791. The van der Waals surface area contributed by atoms with Crippen molar-refractivity contribution in [1.82, 2.24) is 0 Å². The monoisotopic (exact) mass is 331 g/mol. The summed E-state index contributed by atoms with van der Waals surface area (Å²) in [5, 5.41) is 2.80. The summed E-state index contributed by atoms with van der Waals surface area (Å²) < 4.78 is 30.5. The van der Waals surface area contributed by atoms with Crippen molar-refractivity contribution in [2.45, 2.75) is 12.3 Å². The molecule has 0 saturated heterocycles. The zero-order valence-electron chi connectivity index (χ0n) is 13.7. The zero-order chi connectivity index (χ0) is 17.3. The van der Waals surface area contributed by atoms with Crippen LogP contribution in [0.3, 0.4) is 0 Å². The van der Waals surface area contributed by atoms with E-state index in [1.165, 1.54) is 21.3 Å². The molecule has 1 aliphatic heterocycles. The number of carbonyl (C=O) groups is 1. The lowest BCUT2D eigenvalue weighted by Crippen LogP contribution is -2.24. The summed E-state index contributed by atoms with van der Waals surface area (Å²) >= 11 is 0. The minimum absolute atomic E-state index is 0.125. The molecule has 1 aliphatic rings. The number of hydrogen-bond donors (Lipinski definition) is 1. The van der Waals surface area contributed by atoms with Crippen molar-refractivity contribution in [3.63, 3.8) is 0 Å². The topological polar surface area (TPSA) is 56.8 Å². The van der Waals surface area contributed by atoms with E-state index < -0.39 is 11.7 Å². The number of halogens is 1. The quantitative estimate of drug-likeness (QED) is 0.934. The Morgan fingerprint density at radius 1 is 1.08 bits per heavy atom. The highest BCUT2D eigenvalue weighted by Crippen LogP contribution is 2.46. The zero-order valence-corrected chi connectivity index (χ0v) is 13.7. The van der Waals surface area contributed by atoms with Crippen molar-refractivity contribution in [2.75, 3.05) is 26.6 Å². The predicted octanol–water partition coefficient (Wildman–Crippen LogP) is 3.33. The van der Waals surface area contributed by atoms with Gasteiger partial charge in [-0.3, -0.25) is 4.79 Å². The van der Waals surface area contributed by atoms with E-state index in [1.807, 2.05) is 0 Å². The van der Waals surface area contributed by atoms with Crippen molar-refractivity contribution in [3.05, 3.63) is 47.3 Å². The average Bonchev–Trinajstić information content (AvgIpc) is 2.60. The predicted molar refractivity (Wildman–Crippen MR) is 87.6 cm³/mol. The fourth-order valence-electron chi connectivity index (χ4n) is 3.06. The molecule has 1 unspecified atom stereocenters. The first-order chi connectivity index (χ1) is 11.6. The number of fused-ring (bicyclic) bond motifs is 1. The fourth-order valence-corrected chi connectivity index (χ4v) is 3.06. The van der Waals surface area contributed by atoms with Crippen molar-refractivity contribution in [3.8, 4) is 17.2 Å². The third-order valence-electron chi connectivity index (χ3n) is 4.17. The maximum atomic E-state index is 14.7. The van der Waals surface area contributed by atoms with Gasteiger partial charge in [0.25, 0.3) is 0 Å². The second kappa shape index (κ2) is 6.39. The number of benzene rings is 2. The van der Waals surface area contributed by atoms with E-state index in [4.69, 9.17) is 14.2 Å². The smallest absolute Gasteiger partial charge is 0.225 e. The Hall–Kier alpha value is -2.76. The molecule has 0 aromatic heterocycles. The van der Waals surface area contributed by atoms with Gasteiger partial charge in [-0.25, -0.2) is 4.39 Å². The van der Waals surface area contributed by atoms with Gasteiger partial charge < -0.3 is 19.5 Å². The molecular weight excluding hydrogens is 313 g/mol. The van der Waals surface area contributed by atoms with Gasteiger partial charge in [-0.05, 0) is 11.6 Å². The van der Waals surface area contributed by atoms with Gasteiger partial charge in [0.2, 0.25) is 5.91 Å². The standard InChI is InChI=1S/C18H18FNO4/c1-22-10-7-13-17(15(8-10)24-3)12(9-16(21)20-13)11-5-4-6-14(23-2)18(11)19/h4-8,12H,9H2,1-3H3,(H,20,21). The summed E-state index contributed by atoms with van der Waals surface area (Å²) in [5.74, 6) is 0.111. The molecule has 2 aromatic carbocycles. The first-order valence-electron chi connectivity index (χ1n) is 7.47. The maximum absolute atomic E-state index is 14.7. The summed E-state index contributed by atoms with van der Waals surface area (Å²) in [7, 11) is 4.48. The van der Waals surface area contributed by atoms with Crippen molar-refractivity contribution < 1.29 is 23.4 Å². The normalized spacial score (nSPS) is 16.2. The lowest BCUT2D eigenvalue weighted by Gasteiger charge is -2.28. The molecule has 1 amide bonds. The van der Waals surface area contributed by atoms with Gasteiger partial charge in [0.05, 0.1) is 27.0 Å². The van der Waals surface area contributed by atoms with E-state index in [1.54, 1.807) is 30.3 Å². The number of rotatable bonds is 4. The summed E-state index contributed by atoms with van der Waals surface area (Å²) in [5.41, 5.74) is 1.69. The number of nitrogens with one attached hydrogen (secondary N) is 1. The van der Waals surface area contributed by atoms with Gasteiger partial charge in [-0.15, -0.1) is 0 Å². The Labute approximate surface area is 139 Å². The molecule has 126 valence electrons. The Balaban J connectivity index is 2.21. The molecule has 0 saturated carbocycles. The second-order valence-corrected chi connectivity index (χ2v) is 5.46. The summed E-state index contributed by atoms with van der Waals surface area (Å²) in [6.07, 6.45) is 0.125. The number of carbonyl (C=O) groups excluding carboxylic acids is 1. The van der Waals surface area contributed by atoms with Crippen LogP contribution in [0.1, 0.15) is 23.5 Å². The first-order valence-corrected chi connectivity index (χ1v) is 7.47. The van der Waals surface area contributed by atoms with Crippen LogP contribution in [0.2, 0.25) is 0 Å². The minimum atomic E-state index is -0.469. The third kappa shape index (κ3) is 2.64. The van der Waals surface area contributed by atoms with E-state index in [-0.39, 0.29) is 18.1 Å². The average molecular weight is 331 g/mol. The van der Waals surface area contributed by atoms with Crippen LogP contribution in [-0.2, 0) is 4.79 Å². The van der Waals surface area contributed by atoms with Crippen LogP contribution in [0.25, 0.3) is 0 Å². The number of ether oxygens (including phenoxy) is 3. The van der Waals surface area contributed by atoms with E-state index in [0.717, 1.165) is 5.56 Å². The van der Waals surface area contributed by atoms with Crippen LogP contribution >= 0.6 is 0 Å². The molecule has 1 atom stereocenters. The molecule has 2 aromatic rings. The molecular formula is C18H18FNO4. The highest BCUT2D eigenvalue weighted by molar-refractivity contribution is 5.96.